The van der Waals surface area contributed by atoms with Crippen LogP contribution in [0.5, 0.6) is 0 Å². The molecule has 4 nitrogen and oxygen atoms in total. The third-order valence-corrected chi connectivity index (χ3v) is 4.96. The van der Waals surface area contributed by atoms with Crippen molar-refractivity contribution in [2.24, 2.45) is 7.05 Å². The fourth-order valence-corrected chi connectivity index (χ4v) is 3.45. The molecule has 0 unspecified atom stereocenters. The van der Waals surface area contributed by atoms with Crippen LogP contribution in [0, 0.1) is 6.92 Å². The van der Waals surface area contributed by atoms with Crippen LogP contribution in [0.2, 0.25) is 0 Å². The number of aromatic nitrogens is 2. The van der Waals surface area contributed by atoms with Gasteiger partial charge in [0.1, 0.15) is 0 Å². The number of benzene rings is 2. The third kappa shape index (κ3) is 3.67. The van der Waals surface area contributed by atoms with Gasteiger partial charge in [-0.15, -0.1) is 0 Å². The molecular weight excluding hydrogens is 346 g/mol. The lowest BCUT2D eigenvalue weighted by molar-refractivity contribution is 0.0956. The summed E-state index contributed by atoms with van der Waals surface area (Å²) >= 11 is 0. The summed E-state index contributed by atoms with van der Waals surface area (Å²) < 4.78 is 2.01. The van der Waals surface area contributed by atoms with E-state index in [9.17, 15) is 4.79 Å². The van der Waals surface area contributed by atoms with E-state index in [1.54, 1.807) is 0 Å². The molecule has 140 valence electrons. The third-order valence-electron chi connectivity index (χ3n) is 4.96. The maximum atomic E-state index is 13.0. The largest absolute Gasteiger partial charge is 0.352 e. The molecule has 1 amide bonds. The summed E-state index contributed by atoms with van der Waals surface area (Å²) in [6, 6.07) is 22.1. The topological polar surface area (TPSA) is 46.9 Å². The summed E-state index contributed by atoms with van der Waals surface area (Å²) in [5.41, 5.74) is 5.61. The van der Waals surface area contributed by atoms with E-state index in [2.05, 4.69) is 17.4 Å². The molecule has 0 fully saturated rings. The van der Waals surface area contributed by atoms with Crippen molar-refractivity contribution in [2.75, 3.05) is 6.54 Å². The summed E-state index contributed by atoms with van der Waals surface area (Å²) in [6.45, 7) is 2.62. The number of amides is 1. The van der Waals surface area contributed by atoms with E-state index < -0.39 is 0 Å². The second kappa shape index (κ2) is 7.69. The monoisotopic (exact) mass is 369 g/mol. The van der Waals surface area contributed by atoms with Crippen molar-refractivity contribution in [3.05, 3.63) is 89.6 Å². The van der Waals surface area contributed by atoms with Gasteiger partial charge in [-0.3, -0.25) is 4.79 Å². The zero-order chi connectivity index (χ0) is 19.5. The second-order valence-corrected chi connectivity index (χ2v) is 7.07. The standard InChI is InChI=1S/C24H23N3O/c1-17-10-11-21-19(15-17)20(16-22(26-21)23-9-6-14-27(23)2)24(28)25-13-12-18-7-4-3-5-8-18/h3-11,14-16H,12-13H2,1-2H3,(H,25,28). The van der Waals surface area contributed by atoms with Crippen molar-refractivity contribution in [1.29, 1.82) is 0 Å². The number of carbonyl (C=O) groups excluding carboxylic acids is 1. The van der Waals surface area contributed by atoms with Crippen LogP contribution in [0.15, 0.2) is 72.9 Å². The number of pyridine rings is 1. The minimum atomic E-state index is -0.0654. The van der Waals surface area contributed by atoms with Crippen LogP contribution in [0.4, 0.5) is 0 Å². The second-order valence-electron chi connectivity index (χ2n) is 7.07. The van der Waals surface area contributed by atoms with Gasteiger partial charge >= 0.3 is 0 Å². The minimum absolute atomic E-state index is 0.0654. The number of nitrogens with zero attached hydrogens (tertiary/aromatic N) is 2. The number of carbonyl (C=O) groups is 1. The molecule has 2 heterocycles. The van der Waals surface area contributed by atoms with Crippen molar-refractivity contribution in [2.45, 2.75) is 13.3 Å². The molecule has 0 aliphatic rings. The number of rotatable bonds is 5. The Morgan fingerprint density at radius 1 is 1.04 bits per heavy atom. The lowest BCUT2D eigenvalue weighted by Gasteiger charge is -2.12. The van der Waals surface area contributed by atoms with Gasteiger partial charge in [0.05, 0.1) is 22.5 Å². The molecule has 28 heavy (non-hydrogen) atoms. The SMILES string of the molecule is Cc1ccc2nc(-c3cccn3C)cc(C(=O)NCCc3ccccc3)c2c1. The zero-order valence-corrected chi connectivity index (χ0v) is 16.1. The lowest BCUT2D eigenvalue weighted by atomic mass is 10.0. The Balaban J connectivity index is 1.66. The van der Waals surface area contributed by atoms with Gasteiger partial charge in [0.15, 0.2) is 0 Å². The fraction of sp³-hybridized carbons (Fsp3) is 0.167. The number of hydrogen-bond acceptors (Lipinski definition) is 2. The predicted octanol–water partition coefficient (Wildman–Crippen LogP) is 4.52. The van der Waals surface area contributed by atoms with Crippen LogP contribution in [0.1, 0.15) is 21.5 Å². The fourth-order valence-electron chi connectivity index (χ4n) is 3.45. The zero-order valence-electron chi connectivity index (χ0n) is 16.1. The maximum absolute atomic E-state index is 13.0. The summed E-state index contributed by atoms with van der Waals surface area (Å²) in [7, 11) is 1.98. The first-order valence-electron chi connectivity index (χ1n) is 9.47. The first kappa shape index (κ1) is 18.0. The quantitative estimate of drug-likeness (QED) is 0.562. The lowest BCUT2D eigenvalue weighted by Crippen LogP contribution is -2.26. The van der Waals surface area contributed by atoms with Crippen LogP contribution in [0.3, 0.4) is 0 Å². The van der Waals surface area contributed by atoms with E-state index in [0.717, 1.165) is 34.3 Å². The van der Waals surface area contributed by atoms with Gasteiger partial charge in [-0.2, -0.15) is 0 Å². The van der Waals surface area contributed by atoms with Crippen LogP contribution < -0.4 is 5.32 Å². The van der Waals surface area contributed by atoms with Gasteiger partial charge in [0.25, 0.3) is 5.91 Å². The van der Waals surface area contributed by atoms with Crippen LogP contribution in [-0.2, 0) is 13.5 Å². The molecular formula is C24H23N3O. The number of fused-ring (bicyclic) bond motifs is 1. The van der Waals surface area contributed by atoms with Crippen molar-refractivity contribution >= 4 is 16.8 Å². The highest BCUT2D eigenvalue weighted by atomic mass is 16.1. The molecule has 0 aliphatic carbocycles. The van der Waals surface area contributed by atoms with Gasteiger partial charge in [-0.05, 0) is 49.2 Å². The molecule has 0 atom stereocenters. The first-order chi connectivity index (χ1) is 13.6. The normalized spacial score (nSPS) is 10.9. The molecule has 0 aliphatic heterocycles. The van der Waals surface area contributed by atoms with Gasteiger partial charge in [0, 0.05) is 25.2 Å². The predicted molar refractivity (Wildman–Crippen MR) is 113 cm³/mol. The highest BCUT2D eigenvalue weighted by Crippen LogP contribution is 2.26. The first-order valence-corrected chi connectivity index (χ1v) is 9.47. The van der Waals surface area contributed by atoms with Crippen molar-refractivity contribution < 1.29 is 4.79 Å². The van der Waals surface area contributed by atoms with E-state index in [0.29, 0.717) is 12.1 Å². The van der Waals surface area contributed by atoms with E-state index >= 15 is 0 Å². The summed E-state index contributed by atoms with van der Waals surface area (Å²) in [5.74, 6) is -0.0654. The molecule has 0 radical (unpaired) electrons. The van der Waals surface area contributed by atoms with Gasteiger partial charge in [0.2, 0.25) is 0 Å². The Kier molecular flexibility index (Phi) is 4.94. The Morgan fingerprint density at radius 2 is 1.86 bits per heavy atom. The molecule has 0 spiro atoms. The van der Waals surface area contributed by atoms with Gasteiger partial charge in [-0.1, -0.05) is 42.0 Å². The molecule has 4 heteroatoms. The highest BCUT2D eigenvalue weighted by Gasteiger charge is 2.15. The van der Waals surface area contributed by atoms with Crippen molar-refractivity contribution in [3.63, 3.8) is 0 Å². The Labute approximate surface area is 164 Å². The van der Waals surface area contributed by atoms with Crippen LogP contribution in [0.25, 0.3) is 22.3 Å². The molecule has 2 aromatic carbocycles. The van der Waals surface area contributed by atoms with E-state index in [4.69, 9.17) is 4.98 Å². The minimum Gasteiger partial charge on any atom is -0.352 e. The summed E-state index contributed by atoms with van der Waals surface area (Å²) in [6.07, 6.45) is 2.79. The molecule has 0 bridgehead atoms. The van der Waals surface area contributed by atoms with Gasteiger partial charge in [-0.25, -0.2) is 4.98 Å². The average molecular weight is 369 g/mol. The number of hydrogen-bond donors (Lipinski definition) is 1. The molecule has 2 aromatic heterocycles. The molecule has 4 aromatic rings. The van der Waals surface area contributed by atoms with Gasteiger partial charge < -0.3 is 9.88 Å². The van der Waals surface area contributed by atoms with E-state index in [1.807, 2.05) is 79.3 Å². The Morgan fingerprint density at radius 3 is 2.61 bits per heavy atom. The summed E-state index contributed by atoms with van der Waals surface area (Å²) in [4.78, 5) is 17.8. The molecule has 0 saturated carbocycles. The van der Waals surface area contributed by atoms with Crippen LogP contribution in [-0.4, -0.2) is 22.0 Å². The Hall–Kier alpha value is -3.40. The Bertz CT molecular complexity index is 1130. The average Bonchev–Trinajstić information content (AvgIpc) is 3.14. The van der Waals surface area contributed by atoms with Crippen molar-refractivity contribution in [3.8, 4) is 11.4 Å². The van der Waals surface area contributed by atoms with E-state index in [1.165, 1.54) is 5.56 Å². The van der Waals surface area contributed by atoms with Crippen molar-refractivity contribution in [1.82, 2.24) is 14.9 Å². The van der Waals surface area contributed by atoms with E-state index in [-0.39, 0.29) is 5.91 Å². The number of nitrogens with one attached hydrogen (secondary N) is 1. The molecule has 4 rings (SSSR count). The van der Waals surface area contributed by atoms with Crippen LogP contribution >= 0.6 is 0 Å². The maximum Gasteiger partial charge on any atom is 0.252 e. The molecule has 1 N–H and O–H groups in total. The highest BCUT2D eigenvalue weighted by molar-refractivity contribution is 6.07. The number of aryl methyl sites for hydroxylation is 2. The smallest absolute Gasteiger partial charge is 0.252 e. The summed E-state index contributed by atoms with van der Waals surface area (Å²) in [5, 5.41) is 3.96. The molecule has 0 saturated heterocycles.